The van der Waals surface area contributed by atoms with E-state index in [4.69, 9.17) is 28.4 Å². The average Bonchev–Trinajstić information content (AvgIpc) is 2.75. The smallest absolute Gasteiger partial charge is 0.161 e. The Hall–Kier alpha value is -2.48. The van der Waals surface area contributed by atoms with Gasteiger partial charge in [0.1, 0.15) is 6.79 Å². The topological polar surface area (TPSA) is 75.6 Å². The van der Waals surface area contributed by atoms with E-state index in [9.17, 15) is 5.11 Å². The Bertz CT molecular complexity index is 748. The molecule has 0 aromatic heterocycles. The molecule has 0 unspecified atom stereocenters. The maximum Gasteiger partial charge on any atom is 0.161 e. The van der Waals surface area contributed by atoms with Crippen molar-refractivity contribution in [3.05, 3.63) is 47.5 Å². The molecule has 1 N–H and O–H groups in total. The number of aliphatic hydroxyl groups is 1. The highest BCUT2D eigenvalue weighted by molar-refractivity contribution is 5.46. The van der Waals surface area contributed by atoms with Crippen molar-refractivity contribution < 1.29 is 33.5 Å². The van der Waals surface area contributed by atoms with Crippen LogP contribution in [0.3, 0.4) is 0 Å². The van der Waals surface area contributed by atoms with Crippen LogP contribution >= 0.6 is 0 Å². The molecule has 0 aliphatic rings. The summed E-state index contributed by atoms with van der Waals surface area (Å²) in [5, 5.41) is 10.2. The molecule has 7 heteroatoms. The van der Waals surface area contributed by atoms with Crippen LogP contribution in [0.4, 0.5) is 0 Å². The third-order valence-electron chi connectivity index (χ3n) is 4.50. The first-order chi connectivity index (χ1) is 13.6. The van der Waals surface area contributed by atoms with Gasteiger partial charge in [0.05, 0.1) is 41.2 Å². The average molecular weight is 392 g/mol. The Labute approximate surface area is 165 Å². The van der Waals surface area contributed by atoms with Crippen molar-refractivity contribution in [2.75, 3.05) is 48.9 Å². The van der Waals surface area contributed by atoms with Gasteiger partial charge in [0.2, 0.25) is 0 Å². The van der Waals surface area contributed by atoms with Crippen LogP contribution in [-0.4, -0.2) is 54.1 Å². The number of hydrogen-bond donors (Lipinski definition) is 1. The number of rotatable bonds is 11. The van der Waals surface area contributed by atoms with E-state index in [1.807, 2.05) is 24.3 Å². The predicted molar refractivity (Wildman–Crippen MR) is 105 cm³/mol. The third kappa shape index (κ3) is 4.86. The van der Waals surface area contributed by atoms with E-state index in [0.29, 0.717) is 23.0 Å². The van der Waals surface area contributed by atoms with Crippen LogP contribution in [-0.2, 0) is 9.47 Å². The third-order valence-corrected chi connectivity index (χ3v) is 4.50. The number of hydrogen-bond acceptors (Lipinski definition) is 7. The van der Waals surface area contributed by atoms with Crippen LogP contribution in [0.15, 0.2) is 36.4 Å². The summed E-state index contributed by atoms with van der Waals surface area (Å²) in [4.78, 5) is 0. The Morgan fingerprint density at radius 3 is 1.68 bits per heavy atom. The molecule has 0 saturated carbocycles. The molecule has 0 fully saturated rings. The van der Waals surface area contributed by atoms with Crippen molar-refractivity contribution in [3.8, 4) is 23.0 Å². The van der Waals surface area contributed by atoms with Crippen molar-refractivity contribution >= 4 is 0 Å². The second kappa shape index (κ2) is 10.8. The lowest BCUT2D eigenvalue weighted by Gasteiger charge is -2.27. The molecule has 0 amide bonds. The number of ether oxygens (including phenoxy) is 6. The van der Waals surface area contributed by atoms with Crippen LogP contribution in [0.2, 0.25) is 0 Å². The first-order valence-electron chi connectivity index (χ1n) is 8.78. The van der Waals surface area contributed by atoms with Gasteiger partial charge in [-0.2, -0.15) is 0 Å². The molecule has 0 spiro atoms. The maximum atomic E-state index is 10.2. The summed E-state index contributed by atoms with van der Waals surface area (Å²) in [5.74, 6) is 2.02. The molecule has 0 bridgehead atoms. The van der Waals surface area contributed by atoms with Crippen LogP contribution < -0.4 is 18.9 Å². The van der Waals surface area contributed by atoms with Gasteiger partial charge in [-0.15, -0.1) is 0 Å². The molecule has 28 heavy (non-hydrogen) atoms. The van der Waals surface area contributed by atoms with Gasteiger partial charge in [0.25, 0.3) is 0 Å². The number of benzene rings is 2. The summed E-state index contributed by atoms with van der Waals surface area (Å²) in [6.07, 6.45) is -0.483. The van der Waals surface area contributed by atoms with E-state index >= 15 is 0 Å². The highest BCUT2D eigenvalue weighted by Gasteiger charge is 2.27. The summed E-state index contributed by atoms with van der Waals surface area (Å²) in [6.45, 7) is -0.0684. The monoisotopic (exact) mass is 392 g/mol. The largest absolute Gasteiger partial charge is 0.493 e. The van der Waals surface area contributed by atoms with Gasteiger partial charge in [-0.25, -0.2) is 0 Å². The Kier molecular flexibility index (Phi) is 8.38. The minimum absolute atomic E-state index is 0.0722. The SMILES string of the molecule is COCO[C@H](c1ccc(OC)c(OC)c1)[C@H](CO)c1ccc(OC)c(OC)c1. The summed E-state index contributed by atoms with van der Waals surface area (Å²) in [5.41, 5.74) is 1.67. The van der Waals surface area contributed by atoms with Crippen LogP contribution in [0.5, 0.6) is 23.0 Å². The lowest BCUT2D eigenvalue weighted by atomic mass is 9.89. The van der Waals surface area contributed by atoms with E-state index in [1.165, 1.54) is 0 Å². The summed E-state index contributed by atoms with van der Waals surface area (Å²) >= 11 is 0. The molecule has 154 valence electrons. The van der Waals surface area contributed by atoms with Gasteiger partial charge >= 0.3 is 0 Å². The molecule has 0 saturated heterocycles. The van der Waals surface area contributed by atoms with Gasteiger partial charge in [-0.1, -0.05) is 12.1 Å². The van der Waals surface area contributed by atoms with E-state index in [-0.39, 0.29) is 19.3 Å². The molecular weight excluding hydrogens is 364 g/mol. The van der Waals surface area contributed by atoms with E-state index < -0.39 is 6.10 Å². The van der Waals surface area contributed by atoms with Gasteiger partial charge < -0.3 is 33.5 Å². The Balaban J connectivity index is 2.47. The number of methoxy groups -OCH3 is 5. The second-order valence-corrected chi connectivity index (χ2v) is 6.01. The normalized spacial score (nSPS) is 12.9. The molecule has 0 aliphatic carbocycles. The quantitative estimate of drug-likeness (QED) is 0.589. The van der Waals surface area contributed by atoms with Crippen LogP contribution in [0.25, 0.3) is 0 Å². The van der Waals surface area contributed by atoms with Crippen molar-refractivity contribution in [1.29, 1.82) is 0 Å². The van der Waals surface area contributed by atoms with Crippen molar-refractivity contribution in [2.45, 2.75) is 12.0 Å². The molecule has 2 atom stereocenters. The fraction of sp³-hybridized carbons (Fsp3) is 0.429. The molecule has 0 aliphatic heterocycles. The van der Waals surface area contributed by atoms with E-state index in [1.54, 1.807) is 47.7 Å². The highest BCUT2D eigenvalue weighted by atomic mass is 16.7. The zero-order valence-corrected chi connectivity index (χ0v) is 16.9. The first kappa shape index (κ1) is 21.8. The summed E-state index contributed by atoms with van der Waals surface area (Å²) in [7, 11) is 7.86. The van der Waals surface area contributed by atoms with Crippen molar-refractivity contribution in [1.82, 2.24) is 0 Å². The van der Waals surface area contributed by atoms with Gasteiger partial charge in [0, 0.05) is 13.0 Å². The Morgan fingerprint density at radius 2 is 1.21 bits per heavy atom. The molecule has 2 rings (SSSR count). The fourth-order valence-corrected chi connectivity index (χ4v) is 3.08. The Morgan fingerprint density at radius 1 is 0.714 bits per heavy atom. The van der Waals surface area contributed by atoms with Crippen LogP contribution in [0, 0.1) is 0 Å². The first-order valence-corrected chi connectivity index (χ1v) is 8.78. The standard InChI is InChI=1S/C21H28O7/c1-23-13-28-21(15-7-9-18(25-3)20(11-15)27-5)16(12-22)14-6-8-17(24-2)19(10-14)26-4/h6-11,16,21-22H,12-13H2,1-5H3/t16-,21-/m1/s1. The fourth-order valence-electron chi connectivity index (χ4n) is 3.08. The molecule has 7 nitrogen and oxygen atoms in total. The lowest BCUT2D eigenvalue weighted by Crippen LogP contribution is -2.19. The highest BCUT2D eigenvalue weighted by Crippen LogP contribution is 2.40. The van der Waals surface area contributed by atoms with Crippen molar-refractivity contribution in [3.63, 3.8) is 0 Å². The van der Waals surface area contributed by atoms with E-state index in [0.717, 1.165) is 11.1 Å². The van der Waals surface area contributed by atoms with Gasteiger partial charge in [-0.05, 0) is 35.4 Å². The molecular formula is C21H28O7. The molecule has 2 aromatic rings. The zero-order valence-electron chi connectivity index (χ0n) is 16.9. The molecule has 2 aromatic carbocycles. The second-order valence-electron chi connectivity index (χ2n) is 6.01. The van der Waals surface area contributed by atoms with Gasteiger partial charge in [-0.3, -0.25) is 0 Å². The van der Waals surface area contributed by atoms with E-state index in [2.05, 4.69) is 0 Å². The number of aliphatic hydroxyl groups excluding tert-OH is 1. The maximum absolute atomic E-state index is 10.2. The summed E-state index contributed by atoms with van der Waals surface area (Å²) in [6, 6.07) is 11.0. The van der Waals surface area contributed by atoms with Crippen LogP contribution in [0.1, 0.15) is 23.1 Å². The minimum atomic E-state index is -0.483. The molecule has 0 heterocycles. The lowest BCUT2D eigenvalue weighted by molar-refractivity contribution is -0.0872. The zero-order chi connectivity index (χ0) is 20.5. The molecule has 0 radical (unpaired) electrons. The van der Waals surface area contributed by atoms with Gasteiger partial charge in [0.15, 0.2) is 23.0 Å². The predicted octanol–water partition coefficient (Wildman–Crippen LogP) is 3.16. The van der Waals surface area contributed by atoms with Crippen molar-refractivity contribution in [2.24, 2.45) is 0 Å². The minimum Gasteiger partial charge on any atom is -0.493 e. The summed E-state index contributed by atoms with van der Waals surface area (Å²) < 4.78 is 32.5.